The molecule has 2 heterocycles. The maximum Gasteiger partial charge on any atom is 0.327 e. The minimum absolute atomic E-state index is 0.0930. The number of rotatable bonds is 5. The summed E-state index contributed by atoms with van der Waals surface area (Å²) in [5.74, 6) is -0.428. The molecule has 0 radical (unpaired) electrons. The van der Waals surface area contributed by atoms with E-state index < -0.39 is 5.54 Å². The molecule has 3 aliphatic rings. The summed E-state index contributed by atoms with van der Waals surface area (Å²) in [5.41, 5.74) is 1.86. The molecule has 7 nitrogen and oxygen atoms in total. The van der Waals surface area contributed by atoms with Gasteiger partial charge >= 0.3 is 6.03 Å². The Kier molecular flexibility index (Phi) is 6.32. The Bertz CT molecular complexity index is 841. The summed E-state index contributed by atoms with van der Waals surface area (Å²) in [6.45, 7) is 4.70. The second-order valence-corrected chi connectivity index (χ2v) is 9.43. The fraction of sp³-hybridized carbons (Fsp3) is 0.625. The highest BCUT2D eigenvalue weighted by atomic mass is 16.2. The second-order valence-electron chi connectivity index (χ2n) is 9.43. The molecule has 2 aliphatic heterocycles. The van der Waals surface area contributed by atoms with Crippen molar-refractivity contribution in [2.75, 3.05) is 26.7 Å². The second kappa shape index (κ2) is 8.99. The first-order valence-electron chi connectivity index (χ1n) is 11.6. The quantitative estimate of drug-likeness (QED) is 0.735. The summed E-state index contributed by atoms with van der Waals surface area (Å²) in [4.78, 5) is 43.6. The van der Waals surface area contributed by atoms with Crippen molar-refractivity contribution in [3.05, 3.63) is 35.4 Å². The maximum absolute atomic E-state index is 13.0. The third kappa shape index (κ3) is 4.47. The molecule has 1 spiro atoms. The van der Waals surface area contributed by atoms with Crippen molar-refractivity contribution in [2.45, 2.75) is 70.0 Å². The molecule has 1 aromatic rings. The van der Waals surface area contributed by atoms with Crippen molar-refractivity contribution in [1.82, 2.24) is 20.0 Å². The van der Waals surface area contributed by atoms with Crippen LogP contribution in [-0.2, 0) is 16.1 Å². The Morgan fingerprint density at radius 3 is 2.52 bits per heavy atom. The van der Waals surface area contributed by atoms with Crippen LogP contribution in [0.2, 0.25) is 0 Å². The number of nitrogens with zero attached hydrogens (tertiary/aromatic N) is 3. The number of likely N-dealkylation sites (tertiary alicyclic amines) is 1. The predicted octanol–water partition coefficient (Wildman–Crippen LogP) is 2.67. The van der Waals surface area contributed by atoms with Crippen LogP contribution < -0.4 is 5.32 Å². The number of hydrogen-bond donors (Lipinski definition) is 1. The van der Waals surface area contributed by atoms with Crippen LogP contribution in [-0.4, -0.2) is 70.8 Å². The van der Waals surface area contributed by atoms with Crippen molar-refractivity contribution < 1.29 is 14.4 Å². The van der Waals surface area contributed by atoms with Crippen molar-refractivity contribution in [2.24, 2.45) is 0 Å². The summed E-state index contributed by atoms with van der Waals surface area (Å²) >= 11 is 0. The zero-order valence-electron chi connectivity index (χ0n) is 18.7. The number of nitrogens with one attached hydrogen (secondary N) is 1. The van der Waals surface area contributed by atoms with Crippen molar-refractivity contribution in [3.63, 3.8) is 0 Å². The topological polar surface area (TPSA) is 73.0 Å². The van der Waals surface area contributed by atoms with E-state index in [9.17, 15) is 14.4 Å². The van der Waals surface area contributed by atoms with Gasteiger partial charge in [0.05, 0.1) is 0 Å². The molecule has 1 aliphatic carbocycles. The molecule has 4 rings (SSSR count). The van der Waals surface area contributed by atoms with Gasteiger partial charge in [0, 0.05) is 32.7 Å². The number of carbonyl (C=O) groups excluding carboxylic acids is 3. The lowest BCUT2D eigenvalue weighted by Crippen LogP contribution is -2.50. The minimum Gasteiger partial charge on any atom is -0.352 e. The standard InChI is InChI=1S/C24H34N4O3/c1-18-7-6-8-19(15-18)16-27-13-9-20(10-14-27)25-21(29)17-28-22(30)24(26(2)23(28)31)11-4-3-5-12-24/h6-8,15,20H,3-5,9-14,16-17H2,1-2H3,(H,25,29). The lowest BCUT2D eigenvalue weighted by molar-refractivity contribution is -0.137. The van der Waals surface area contributed by atoms with Crippen LogP contribution in [0.5, 0.6) is 0 Å². The molecule has 1 N–H and O–H groups in total. The normalized spacial score (nSPS) is 22.4. The number of aryl methyl sites for hydroxylation is 1. The van der Waals surface area contributed by atoms with E-state index in [0.29, 0.717) is 12.8 Å². The number of piperidine rings is 1. The monoisotopic (exact) mass is 426 g/mol. The third-order valence-corrected chi connectivity index (χ3v) is 7.23. The predicted molar refractivity (Wildman–Crippen MR) is 118 cm³/mol. The summed E-state index contributed by atoms with van der Waals surface area (Å²) in [5, 5.41) is 3.06. The fourth-order valence-electron chi connectivity index (χ4n) is 5.39. The molecule has 0 unspecified atom stereocenters. The van der Waals surface area contributed by atoms with E-state index in [1.165, 1.54) is 11.1 Å². The van der Waals surface area contributed by atoms with Gasteiger partial charge < -0.3 is 10.2 Å². The molecular weight excluding hydrogens is 392 g/mol. The van der Waals surface area contributed by atoms with E-state index >= 15 is 0 Å². The average molecular weight is 427 g/mol. The summed E-state index contributed by atoms with van der Waals surface area (Å²) in [6.07, 6.45) is 6.15. The highest BCUT2D eigenvalue weighted by Crippen LogP contribution is 2.39. The average Bonchev–Trinajstić information content (AvgIpc) is 2.92. The summed E-state index contributed by atoms with van der Waals surface area (Å²) < 4.78 is 0. The Morgan fingerprint density at radius 2 is 1.84 bits per heavy atom. The molecule has 1 aromatic carbocycles. The van der Waals surface area contributed by atoms with E-state index in [-0.39, 0.29) is 30.4 Å². The summed E-state index contributed by atoms with van der Waals surface area (Å²) in [7, 11) is 1.70. The molecule has 0 atom stereocenters. The Hall–Kier alpha value is -2.41. The molecule has 3 fully saturated rings. The zero-order chi connectivity index (χ0) is 22.0. The van der Waals surface area contributed by atoms with Crippen LogP contribution in [0.4, 0.5) is 4.79 Å². The van der Waals surface area contributed by atoms with Crippen molar-refractivity contribution in [1.29, 1.82) is 0 Å². The first-order valence-corrected chi connectivity index (χ1v) is 11.6. The molecule has 7 heteroatoms. The number of imide groups is 1. The van der Waals surface area contributed by atoms with Crippen LogP contribution in [0.1, 0.15) is 56.1 Å². The van der Waals surface area contributed by atoms with Gasteiger partial charge in [-0.05, 0) is 38.2 Å². The smallest absolute Gasteiger partial charge is 0.327 e. The maximum atomic E-state index is 13.0. The third-order valence-electron chi connectivity index (χ3n) is 7.23. The largest absolute Gasteiger partial charge is 0.352 e. The van der Waals surface area contributed by atoms with Crippen LogP contribution in [0.15, 0.2) is 24.3 Å². The first-order chi connectivity index (χ1) is 14.9. The Labute approximate surface area is 184 Å². The number of carbonyl (C=O) groups is 3. The molecule has 1 saturated carbocycles. The Balaban J connectivity index is 1.27. The van der Waals surface area contributed by atoms with E-state index in [1.54, 1.807) is 11.9 Å². The molecule has 4 amide bonds. The van der Waals surface area contributed by atoms with E-state index in [2.05, 4.69) is 41.4 Å². The fourth-order valence-corrected chi connectivity index (χ4v) is 5.39. The van der Waals surface area contributed by atoms with Gasteiger partial charge in [0.1, 0.15) is 12.1 Å². The molecule has 0 aromatic heterocycles. The van der Waals surface area contributed by atoms with Crippen LogP contribution in [0.25, 0.3) is 0 Å². The van der Waals surface area contributed by atoms with Gasteiger partial charge in [0.2, 0.25) is 5.91 Å². The number of benzene rings is 1. The van der Waals surface area contributed by atoms with Crippen molar-refractivity contribution in [3.8, 4) is 0 Å². The number of urea groups is 1. The Morgan fingerprint density at radius 1 is 1.13 bits per heavy atom. The molecule has 168 valence electrons. The lowest BCUT2D eigenvalue weighted by Gasteiger charge is -2.35. The SMILES string of the molecule is Cc1cccc(CN2CCC(NC(=O)CN3C(=O)N(C)C4(CCCCC4)C3=O)CC2)c1. The number of hydrogen-bond acceptors (Lipinski definition) is 4. The van der Waals surface area contributed by atoms with E-state index in [4.69, 9.17) is 0 Å². The highest BCUT2D eigenvalue weighted by molar-refractivity contribution is 6.08. The zero-order valence-corrected chi connectivity index (χ0v) is 18.7. The van der Waals surface area contributed by atoms with E-state index in [0.717, 1.165) is 56.6 Å². The van der Waals surface area contributed by atoms with Crippen LogP contribution in [0, 0.1) is 6.92 Å². The molecule has 31 heavy (non-hydrogen) atoms. The molecule has 2 saturated heterocycles. The van der Waals surface area contributed by atoms with Crippen LogP contribution >= 0.6 is 0 Å². The first kappa shape index (κ1) is 21.8. The van der Waals surface area contributed by atoms with Gasteiger partial charge in [-0.3, -0.25) is 19.4 Å². The lowest BCUT2D eigenvalue weighted by atomic mass is 9.81. The minimum atomic E-state index is -0.725. The van der Waals surface area contributed by atoms with Gasteiger partial charge in [-0.25, -0.2) is 4.79 Å². The van der Waals surface area contributed by atoms with Gasteiger partial charge in [0.25, 0.3) is 5.91 Å². The van der Waals surface area contributed by atoms with Gasteiger partial charge in [-0.1, -0.05) is 49.1 Å². The van der Waals surface area contributed by atoms with Gasteiger partial charge in [0.15, 0.2) is 0 Å². The number of likely N-dealkylation sites (N-methyl/N-ethyl adjacent to an activating group) is 1. The van der Waals surface area contributed by atoms with Gasteiger partial charge in [-0.15, -0.1) is 0 Å². The van der Waals surface area contributed by atoms with E-state index in [1.807, 2.05) is 0 Å². The highest BCUT2D eigenvalue weighted by Gasteiger charge is 2.55. The summed E-state index contributed by atoms with van der Waals surface area (Å²) in [6, 6.07) is 8.32. The number of amides is 4. The molecular formula is C24H34N4O3. The molecule has 0 bridgehead atoms. The van der Waals surface area contributed by atoms with Crippen molar-refractivity contribution >= 4 is 17.8 Å². The van der Waals surface area contributed by atoms with Crippen LogP contribution in [0.3, 0.4) is 0 Å². The van der Waals surface area contributed by atoms with Gasteiger partial charge in [-0.2, -0.15) is 0 Å².